The van der Waals surface area contributed by atoms with Crippen LogP contribution in [0.4, 0.5) is 5.69 Å². The van der Waals surface area contributed by atoms with Crippen molar-refractivity contribution in [1.29, 1.82) is 0 Å². The van der Waals surface area contributed by atoms with Gasteiger partial charge in [0.15, 0.2) is 0 Å². The topological polar surface area (TPSA) is 67.2 Å². The molecule has 3 aromatic rings. The van der Waals surface area contributed by atoms with Crippen LogP contribution in [0.2, 0.25) is 0 Å². The fraction of sp³-hybridized carbons (Fsp3) is 0.250. The smallest absolute Gasteiger partial charge is 0.240 e. The molecule has 7 heteroatoms. The molecular weight excluding hydrogens is 360 g/mol. The van der Waals surface area contributed by atoms with Crippen LogP contribution in [0.25, 0.3) is 11.0 Å². The predicted molar refractivity (Wildman–Crippen MR) is 107 cm³/mol. The number of nitrogens with zero attached hydrogens (tertiary/aromatic N) is 3. The van der Waals surface area contributed by atoms with Crippen LogP contribution in [0.15, 0.2) is 53.4 Å². The molecule has 0 bridgehead atoms. The highest BCUT2D eigenvalue weighted by atomic mass is 32.2. The summed E-state index contributed by atoms with van der Waals surface area (Å²) in [5.74, 6) is 0.929. The molecule has 2 heterocycles. The molecule has 2 aromatic carbocycles. The van der Waals surface area contributed by atoms with E-state index in [0.717, 1.165) is 34.0 Å². The minimum Gasteiger partial charge on any atom is -0.347 e. The van der Waals surface area contributed by atoms with Crippen molar-refractivity contribution in [3.63, 3.8) is 0 Å². The van der Waals surface area contributed by atoms with E-state index in [4.69, 9.17) is 0 Å². The lowest BCUT2D eigenvalue weighted by molar-refractivity contribution is -0.123. The van der Waals surface area contributed by atoms with Crippen LogP contribution in [-0.2, 0) is 22.7 Å². The molecule has 0 saturated heterocycles. The zero-order valence-corrected chi connectivity index (χ0v) is 15.8. The highest BCUT2D eigenvalue weighted by Gasteiger charge is 2.26. The second-order valence-corrected chi connectivity index (χ2v) is 7.29. The van der Waals surface area contributed by atoms with Gasteiger partial charge in [-0.05, 0) is 31.2 Å². The molecule has 1 aliphatic rings. The van der Waals surface area contributed by atoms with Crippen molar-refractivity contribution in [2.75, 3.05) is 17.2 Å². The number of carbonyl (C=O) groups is 2. The number of imidazole rings is 1. The minimum atomic E-state index is -0.195. The van der Waals surface area contributed by atoms with E-state index in [0.29, 0.717) is 12.3 Å². The van der Waals surface area contributed by atoms with Crippen LogP contribution in [0.3, 0.4) is 0 Å². The molecule has 0 spiro atoms. The molecule has 0 unspecified atom stereocenters. The Hall–Kier alpha value is -2.80. The van der Waals surface area contributed by atoms with Crippen LogP contribution in [0, 0.1) is 0 Å². The third-order valence-corrected chi connectivity index (χ3v) is 5.65. The van der Waals surface area contributed by atoms with Gasteiger partial charge in [-0.1, -0.05) is 24.3 Å². The van der Waals surface area contributed by atoms with Gasteiger partial charge in [-0.25, -0.2) is 4.98 Å². The maximum atomic E-state index is 12.5. The van der Waals surface area contributed by atoms with Crippen molar-refractivity contribution in [1.82, 2.24) is 14.9 Å². The van der Waals surface area contributed by atoms with Gasteiger partial charge in [0, 0.05) is 11.4 Å². The van der Waals surface area contributed by atoms with Crippen molar-refractivity contribution in [2.24, 2.45) is 0 Å². The molecule has 0 aliphatic carbocycles. The Bertz CT molecular complexity index is 1010. The molecule has 27 heavy (non-hydrogen) atoms. The summed E-state index contributed by atoms with van der Waals surface area (Å²) in [4.78, 5) is 32.0. The molecule has 0 atom stereocenters. The number of anilines is 1. The number of amides is 2. The van der Waals surface area contributed by atoms with Crippen LogP contribution in [-0.4, -0.2) is 33.7 Å². The first-order valence-corrected chi connectivity index (χ1v) is 9.89. The largest absolute Gasteiger partial charge is 0.347 e. The molecule has 138 valence electrons. The number of carbonyl (C=O) groups excluding carboxylic acids is 2. The summed E-state index contributed by atoms with van der Waals surface area (Å²) in [5.41, 5.74) is 2.77. The van der Waals surface area contributed by atoms with E-state index in [2.05, 4.69) is 21.8 Å². The van der Waals surface area contributed by atoms with E-state index in [-0.39, 0.29) is 18.4 Å². The van der Waals surface area contributed by atoms with Gasteiger partial charge in [0.1, 0.15) is 12.4 Å². The Morgan fingerprint density at radius 2 is 1.96 bits per heavy atom. The second-order valence-electron chi connectivity index (χ2n) is 6.27. The zero-order valence-electron chi connectivity index (χ0n) is 15.0. The molecule has 1 aromatic heterocycles. The third kappa shape index (κ3) is 3.42. The highest BCUT2D eigenvalue weighted by Crippen LogP contribution is 2.34. The summed E-state index contributed by atoms with van der Waals surface area (Å²) in [5, 5.41) is 2.91. The number of aryl methyl sites for hydroxylation is 1. The lowest BCUT2D eigenvalue weighted by Crippen LogP contribution is -2.43. The number of nitrogens with one attached hydrogen (secondary N) is 1. The number of hydrogen-bond acceptors (Lipinski definition) is 4. The molecule has 6 nitrogen and oxygen atoms in total. The average molecular weight is 380 g/mol. The third-order valence-electron chi connectivity index (χ3n) is 4.60. The standard InChI is InChI=1S/C20H20N4O2S/c1-2-23-15-8-4-3-7-14(15)22-18(23)11-21-19(25)12-24-16-9-5-6-10-17(16)27-13-20(24)26/h3-10H,2,11-13H2,1H3,(H,21,25). The fourth-order valence-electron chi connectivity index (χ4n) is 3.32. The highest BCUT2D eigenvalue weighted by molar-refractivity contribution is 8.00. The van der Waals surface area contributed by atoms with Gasteiger partial charge >= 0.3 is 0 Å². The van der Waals surface area contributed by atoms with Gasteiger partial charge in [-0.15, -0.1) is 11.8 Å². The maximum Gasteiger partial charge on any atom is 0.240 e. The number of benzene rings is 2. The number of fused-ring (bicyclic) bond motifs is 2. The van der Waals surface area contributed by atoms with E-state index >= 15 is 0 Å². The van der Waals surface area contributed by atoms with E-state index in [9.17, 15) is 9.59 Å². The van der Waals surface area contributed by atoms with Gasteiger partial charge in [0.2, 0.25) is 11.8 Å². The van der Waals surface area contributed by atoms with Crippen molar-refractivity contribution < 1.29 is 9.59 Å². The Morgan fingerprint density at radius 3 is 2.81 bits per heavy atom. The van der Waals surface area contributed by atoms with Crippen LogP contribution >= 0.6 is 11.8 Å². The van der Waals surface area contributed by atoms with Gasteiger partial charge in [0.25, 0.3) is 0 Å². The molecule has 2 amide bonds. The lowest BCUT2D eigenvalue weighted by atomic mass is 10.2. The minimum absolute atomic E-state index is 0.0166. The normalized spacial score (nSPS) is 13.7. The van der Waals surface area contributed by atoms with Crippen LogP contribution in [0.5, 0.6) is 0 Å². The maximum absolute atomic E-state index is 12.5. The van der Waals surface area contributed by atoms with Crippen LogP contribution in [0.1, 0.15) is 12.7 Å². The van der Waals surface area contributed by atoms with Crippen LogP contribution < -0.4 is 10.2 Å². The number of hydrogen-bond donors (Lipinski definition) is 1. The molecule has 0 radical (unpaired) electrons. The first-order chi connectivity index (χ1) is 13.2. The zero-order chi connectivity index (χ0) is 18.8. The van der Waals surface area contributed by atoms with E-state index < -0.39 is 0 Å². The number of thioether (sulfide) groups is 1. The average Bonchev–Trinajstić information content (AvgIpc) is 3.06. The van der Waals surface area contributed by atoms with Crippen molar-refractivity contribution in [2.45, 2.75) is 24.9 Å². The first-order valence-electron chi connectivity index (χ1n) is 8.90. The monoisotopic (exact) mass is 380 g/mol. The summed E-state index contributed by atoms with van der Waals surface area (Å²) in [6, 6.07) is 15.6. The van der Waals surface area contributed by atoms with Gasteiger partial charge in [-0.3, -0.25) is 9.59 Å². The summed E-state index contributed by atoms with van der Waals surface area (Å²) >= 11 is 1.51. The molecular formula is C20H20N4O2S. The summed E-state index contributed by atoms with van der Waals surface area (Å²) in [7, 11) is 0. The van der Waals surface area contributed by atoms with Crippen molar-refractivity contribution in [3.8, 4) is 0 Å². The number of aromatic nitrogens is 2. The first kappa shape index (κ1) is 17.6. The summed E-state index contributed by atoms with van der Waals surface area (Å²) in [6.45, 7) is 3.18. The second kappa shape index (κ2) is 7.44. The Morgan fingerprint density at radius 1 is 1.19 bits per heavy atom. The Labute approximate surface area is 161 Å². The van der Waals surface area contributed by atoms with E-state index in [1.165, 1.54) is 11.8 Å². The lowest BCUT2D eigenvalue weighted by Gasteiger charge is -2.28. The van der Waals surface area contributed by atoms with Gasteiger partial charge < -0.3 is 14.8 Å². The van der Waals surface area contributed by atoms with Gasteiger partial charge in [-0.2, -0.15) is 0 Å². The number of rotatable bonds is 5. The fourth-order valence-corrected chi connectivity index (χ4v) is 4.25. The molecule has 1 aliphatic heterocycles. The van der Waals surface area contributed by atoms with E-state index in [1.807, 2.05) is 48.5 Å². The molecule has 0 saturated carbocycles. The molecule has 1 N–H and O–H groups in total. The Balaban J connectivity index is 1.47. The Kier molecular flexibility index (Phi) is 4.85. The SMILES string of the molecule is CCn1c(CNC(=O)CN2C(=O)CSc3ccccc32)nc2ccccc21. The quantitative estimate of drug-likeness (QED) is 0.739. The number of para-hydroxylation sites is 3. The van der Waals surface area contributed by atoms with Gasteiger partial charge in [0.05, 0.1) is 29.0 Å². The van der Waals surface area contributed by atoms with Crippen molar-refractivity contribution in [3.05, 3.63) is 54.4 Å². The van der Waals surface area contributed by atoms with Crippen molar-refractivity contribution >= 4 is 40.3 Å². The molecule has 4 rings (SSSR count). The molecule has 0 fully saturated rings. The summed E-state index contributed by atoms with van der Waals surface area (Å²) in [6.07, 6.45) is 0. The predicted octanol–water partition coefficient (Wildman–Crippen LogP) is 2.81. The summed E-state index contributed by atoms with van der Waals surface area (Å²) < 4.78 is 2.09. The van der Waals surface area contributed by atoms with E-state index in [1.54, 1.807) is 4.90 Å².